The molecule has 6 heteroatoms. The summed E-state index contributed by atoms with van der Waals surface area (Å²) in [6.07, 6.45) is 1.00. The Bertz CT molecular complexity index is 439. The Hall–Kier alpha value is -0.880. The first-order valence-corrected chi connectivity index (χ1v) is 7.87. The minimum absolute atomic E-state index is 0.162. The van der Waals surface area contributed by atoms with Crippen LogP contribution in [0.25, 0.3) is 0 Å². The molecule has 1 fully saturated rings. The van der Waals surface area contributed by atoms with Crippen molar-refractivity contribution in [2.75, 3.05) is 6.26 Å². The van der Waals surface area contributed by atoms with Gasteiger partial charge in [0, 0.05) is 17.8 Å². The highest BCUT2D eigenvalue weighted by Gasteiger charge is 2.31. The molecule has 1 aromatic carbocycles. The molecule has 1 aromatic rings. The molecule has 2 unspecified atom stereocenters. The van der Waals surface area contributed by atoms with Crippen molar-refractivity contribution in [2.45, 2.75) is 43.5 Å². The molecule has 2 atom stereocenters. The minimum atomic E-state index is -4.64. The topological polar surface area (TPSA) is 21.3 Å². The highest BCUT2D eigenvalue weighted by Crippen LogP contribution is 2.29. The number of alkyl halides is 3. The maximum absolute atomic E-state index is 12.2. The fraction of sp³-hybridized carbons (Fsp3) is 0.571. The normalized spacial score (nSPS) is 23.0. The Balaban J connectivity index is 1.91. The van der Waals surface area contributed by atoms with Crippen LogP contribution in [-0.2, 0) is 6.54 Å². The summed E-state index contributed by atoms with van der Waals surface area (Å²) in [5, 5.41) is 4.03. The summed E-state index contributed by atoms with van der Waals surface area (Å²) in [7, 11) is 0. The summed E-state index contributed by atoms with van der Waals surface area (Å²) in [4.78, 5) is 0. The first kappa shape index (κ1) is 15.5. The second-order valence-electron chi connectivity index (χ2n) is 4.89. The molecule has 0 aromatic heterocycles. The number of ether oxygens (including phenoxy) is 1. The molecule has 0 aliphatic heterocycles. The summed E-state index contributed by atoms with van der Waals surface area (Å²) in [6, 6.07) is 6.58. The SMILES string of the molecule is CSC1CCCC1NCc1cccc(OC(F)(F)F)c1. The second-order valence-corrected chi connectivity index (χ2v) is 5.96. The highest BCUT2D eigenvalue weighted by molar-refractivity contribution is 7.99. The third-order valence-electron chi connectivity index (χ3n) is 3.46. The fourth-order valence-corrected chi connectivity index (χ4v) is 3.51. The lowest BCUT2D eigenvalue weighted by Gasteiger charge is -2.19. The Morgan fingerprint density at radius 3 is 2.85 bits per heavy atom. The largest absolute Gasteiger partial charge is 0.573 e. The smallest absolute Gasteiger partial charge is 0.406 e. The Kier molecular flexibility index (Phi) is 5.21. The molecule has 2 rings (SSSR count). The van der Waals surface area contributed by atoms with Crippen molar-refractivity contribution in [3.8, 4) is 5.75 Å². The van der Waals surface area contributed by atoms with Crippen LogP contribution in [0.3, 0.4) is 0 Å². The van der Waals surface area contributed by atoms with E-state index >= 15 is 0 Å². The molecule has 2 nitrogen and oxygen atoms in total. The summed E-state index contributed by atoms with van der Waals surface area (Å²) in [5.74, 6) is -0.162. The van der Waals surface area contributed by atoms with Crippen LogP contribution < -0.4 is 10.1 Å². The third kappa shape index (κ3) is 4.59. The van der Waals surface area contributed by atoms with Crippen LogP contribution in [0.15, 0.2) is 24.3 Å². The van der Waals surface area contributed by atoms with E-state index in [-0.39, 0.29) is 5.75 Å². The number of rotatable bonds is 5. The van der Waals surface area contributed by atoms with Crippen LogP contribution in [0, 0.1) is 0 Å². The van der Waals surface area contributed by atoms with Gasteiger partial charge in [0.2, 0.25) is 0 Å². The van der Waals surface area contributed by atoms with Gasteiger partial charge in [0.05, 0.1) is 0 Å². The number of hydrogen-bond donors (Lipinski definition) is 1. The van der Waals surface area contributed by atoms with E-state index < -0.39 is 6.36 Å². The van der Waals surface area contributed by atoms with Crippen molar-refractivity contribution >= 4 is 11.8 Å². The van der Waals surface area contributed by atoms with E-state index in [1.54, 1.807) is 12.1 Å². The van der Waals surface area contributed by atoms with Crippen LogP contribution in [0.5, 0.6) is 5.75 Å². The molecule has 0 spiro atoms. The molecule has 1 aliphatic carbocycles. The van der Waals surface area contributed by atoms with Crippen LogP contribution in [0.2, 0.25) is 0 Å². The summed E-state index contributed by atoms with van der Waals surface area (Å²) in [6.45, 7) is 0.566. The zero-order valence-corrected chi connectivity index (χ0v) is 12.1. The fourth-order valence-electron chi connectivity index (χ4n) is 2.54. The molecule has 20 heavy (non-hydrogen) atoms. The van der Waals surface area contributed by atoms with Gasteiger partial charge in [-0.15, -0.1) is 13.2 Å². The maximum Gasteiger partial charge on any atom is 0.573 e. The van der Waals surface area contributed by atoms with Gasteiger partial charge in [0.25, 0.3) is 0 Å². The van der Waals surface area contributed by atoms with Crippen molar-refractivity contribution in [3.63, 3.8) is 0 Å². The van der Waals surface area contributed by atoms with E-state index in [9.17, 15) is 13.2 Å². The Morgan fingerprint density at radius 2 is 2.15 bits per heavy atom. The van der Waals surface area contributed by atoms with Crippen molar-refractivity contribution in [1.29, 1.82) is 0 Å². The van der Waals surface area contributed by atoms with Crippen LogP contribution in [-0.4, -0.2) is 23.9 Å². The van der Waals surface area contributed by atoms with Crippen LogP contribution >= 0.6 is 11.8 Å². The molecule has 0 radical (unpaired) electrons. The lowest BCUT2D eigenvalue weighted by molar-refractivity contribution is -0.274. The zero-order chi connectivity index (χ0) is 14.6. The number of thioether (sulfide) groups is 1. The summed E-state index contributed by atoms with van der Waals surface area (Å²) < 4.78 is 40.4. The number of hydrogen-bond acceptors (Lipinski definition) is 3. The quantitative estimate of drug-likeness (QED) is 0.890. The zero-order valence-electron chi connectivity index (χ0n) is 11.2. The van der Waals surface area contributed by atoms with E-state index in [1.807, 2.05) is 11.8 Å². The third-order valence-corrected chi connectivity index (χ3v) is 4.63. The number of nitrogens with one attached hydrogen (secondary N) is 1. The van der Waals surface area contributed by atoms with Gasteiger partial charge in [-0.25, -0.2) is 0 Å². The van der Waals surface area contributed by atoms with Gasteiger partial charge < -0.3 is 10.1 Å². The molecule has 112 valence electrons. The minimum Gasteiger partial charge on any atom is -0.406 e. The molecule has 0 saturated heterocycles. The van der Waals surface area contributed by atoms with Crippen molar-refractivity contribution < 1.29 is 17.9 Å². The van der Waals surface area contributed by atoms with Crippen LogP contribution in [0.4, 0.5) is 13.2 Å². The second kappa shape index (κ2) is 6.72. The first-order valence-electron chi connectivity index (χ1n) is 6.59. The molecule has 0 heterocycles. The average Bonchev–Trinajstić information content (AvgIpc) is 2.82. The van der Waals surface area contributed by atoms with E-state index in [2.05, 4.69) is 16.3 Å². The highest BCUT2D eigenvalue weighted by atomic mass is 32.2. The lowest BCUT2D eigenvalue weighted by Crippen LogP contribution is -2.33. The summed E-state index contributed by atoms with van der Waals surface area (Å²) >= 11 is 1.85. The Labute approximate surface area is 121 Å². The molecular formula is C14H18F3NOS. The summed E-state index contributed by atoms with van der Waals surface area (Å²) in [5.41, 5.74) is 0.804. The van der Waals surface area contributed by atoms with Gasteiger partial charge >= 0.3 is 6.36 Å². The van der Waals surface area contributed by atoms with E-state index in [4.69, 9.17) is 0 Å². The maximum atomic E-state index is 12.2. The monoisotopic (exact) mass is 305 g/mol. The van der Waals surface area contributed by atoms with Gasteiger partial charge in [-0.2, -0.15) is 11.8 Å². The number of benzene rings is 1. The first-order chi connectivity index (χ1) is 9.48. The van der Waals surface area contributed by atoms with E-state index in [0.717, 1.165) is 12.0 Å². The van der Waals surface area contributed by atoms with Gasteiger partial charge in [-0.05, 0) is 36.8 Å². The molecule has 1 saturated carbocycles. The van der Waals surface area contributed by atoms with Gasteiger partial charge in [0.1, 0.15) is 5.75 Å². The molecule has 1 aliphatic rings. The van der Waals surface area contributed by atoms with Crippen molar-refractivity contribution in [3.05, 3.63) is 29.8 Å². The molecular weight excluding hydrogens is 287 g/mol. The number of halogens is 3. The van der Waals surface area contributed by atoms with Gasteiger partial charge in [-0.1, -0.05) is 18.6 Å². The molecule has 0 bridgehead atoms. The Morgan fingerprint density at radius 1 is 1.35 bits per heavy atom. The van der Waals surface area contributed by atoms with Crippen molar-refractivity contribution in [1.82, 2.24) is 5.32 Å². The van der Waals surface area contributed by atoms with E-state index in [0.29, 0.717) is 17.8 Å². The molecule has 1 N–H and O–H groups in total. The lowest BCUT2D eigenvalue weighted by atomic mass is 10.2. The van der Waals surface area contributed by atoms with Gasteiger partial charge in [0.15, 0.2) is 0 Å². The van der Waals surface area contributed by atoms with Gasteiger partial charge in [-0.3, -0.25) is 0 Å². The average molecular weight is 305 g/mol. The van der Waals surface area contributed by atoms with Crippen molar-refractivity contribution in [2.24, 2.45) is 0 Å². The molecule has 0 amide bonds. The predicted octanol–water partition coefficient (Wildman–Crippen LogP) is 3.96. The van der Waals surface area contributed by atoms with E-state index in [1.165, 1.54) is 25.0 Å². The standard InChI is InChI=1S/C14H18F3NOS/c1-20-13-7-3-6-12(13)18-9-10-4-2-5-11(8-10)19-14(15,16)17/h2,4-5,8,12-13,18H,3,6-7,9H2,1H3. The van der Waals surface area contributed by atoms with Crippen LogP contribution in [0.1, 0.15) is 24.8 Å². The predicted molar refractivity (Wildman–Crippen MR) is 74.9 cm³/mol.